The monoisotopic (exact) mass is 452 g/mol. The van der Waals surface area contributed by atoms with E-state index in [4.69, 9.17) is 0 Å². The smallest absolute Gasteiger partial charge is 0.319 e. The largest absolute Gasteiger partial charge is 0.352 e. The second-order valence-electron chi connectivity index (χ2n) is 7.29. The summed E-state index contributed by atoms with van der Waals surface area (Å²) in [6, 6.07) is 6.38. The van der Waals surface area contributed by atoms with Crippen LogP contribution < -0.4 is 5.32 Å². The topological polar surface area (TPSA) is 84.3 Å². The van der Waals surface area contributed by atoms with Crippen molar-refractivity contribution < 1.29 is 22.0 Å². The number of carbonyl (C=O) groups excluding carboxylic acids is 1. The minimum atomic E-state index is -3.51. The Morgan fingerprint density at radius 2 is 1.81 bits per heavy atom. The predicted octanol–water partition coefficient (Wildman–Crippen LogP) is 3.22. The number of hydrogen-bond acceptors (Lipinski definition) is 4. The molecule has 168 valence electrons. The molecule has 0 bridgehead atoms. The van der Waals surface area contributed by atoms with Crippen LogP contribution in [0.5, 0.6) is 0 Å². The minimum Gasteiger partial charge on any atom is -0.352 e. The summed E-state index contributed by atoms with van der Waals surface area (Å²) >= 11 is 0. The highest BCUT2D eigenvalue weighted by Crippen LogP contribution is 2.21. The number of nitrogens with zero attached hydrogens (tertiary/aromatic N) is 3. The molecule has 1 saturated heterocycles. The molecule has 31 heavy (non-hydrogen) atoms. The third-order valence-electron chi connectivity index (χ3n) is 5.12. The van der Waals surface area contributed by atoms with E-state index in [1.54, 1.807) is 30.3 Å². The van der Waals surface area contributed by atoms with Gasteiger partial charge in [-0.05, 0) is 36.6 Å². The maximum atomic E-state index is 12.8. The number of benzene rings is 1. The third kappa shape index (κ3) is 6.20. The Labute approximate surface area is 180 Å². The third-order valence-corrected chi connectivity index (χ3v) is 7.03. The summed E-state index contributed by atoms with van der Waals surface area (Å²) in [6.45, 7) is -1.41. The molecule has 10 heteroatoms. The van der Waals surface area contributed by atoms with Crippen molar-refractivity contribution >= 4 is 22.0 Å². The summed E-state index contributed by atoms with van der Waals surface area (Å²) in [6.07, 6.45) is 9.40. The van der Waals surface area contributed by atoms with E-state index in [-0.39, 0.29) is 29.6 Å². The van der Waals surface area contributed by atoms with Crippen LogP contribution in [0.3, 0.4) is 0 Å². The number of imidazole rings is 1. The van der Waals surface area contributed by atoms with Crippen LogP contribution >= 0.6 is 0 Å². The van der Waals surface area contributed by atoms with E-state index >= 15 is 0 Å². The first-order valence-corrected chi connectivity index (χ1v) is 11.7. The highest BCUT2D eigenvalue weighted by atomic mass is 32.2. The summed E-state index contributed by atoms with van der Waals surface area (Å²) in [5, 5.41) is 2.62. The van der Waals surface area contributed by atoms with Crippen molar-refractivity contribution in [1.29, 1.82) is 0 Å². The van der Waals surface area contributed by atoms with Crippen LogP contribution in [0.4, 0.5) is 8.78 Å². The number of halogens is 2. The van der Waals surface area contributed by atoms with Gasteiger partial charge >= 0.3 is 6.55 Å². The summed E-state index contributed by atoms with van der Waals surface area (Å²) in [5.74, 6) is -0.183. The molecule has 0 unspecified atom stereocenters. The second kappa shape index (κ2) is 10.6. The van der Waals surface area contributed by atoms with E-state index in [0.29, 0.717) is 18.7 Å². The molecule has 0 atom stereocenters. The molecule has 1 aromatic heterocycles. The molecule has 1 amide bonds. The van der Waals surface area contributed by atoms with Gasteiger partial charge in [0.2, 0.25) is 15.9 Å². The Morgan fingerprint density at radius 1 is 1.13 bits per heavy atom. The molecule has 1 N–H and O–H groups in total. The number of nitrogens with one attached hydrogen (secondary N) is 1. The van der Waals surface area contributed by atoms with Gasteiger partial charge in [-0.1, -0.05) is 25.0 Å². The van der Waals surface area contributed by atoms with Crippen LogP contribution in [-0.4, -0.2) is 47.8 Å². The van der Waals surface area contributed by atoms with Crippen molar-refractivity contribution in [2.24, 2.45) is 0 Å². The molecule has 0 aliphatic carbocycles. The normalized spacial score (nSPS) is 16.0. The van der Waals surface area contributed by atoms with E-state index in [1.807, 2.05) is 0 Å². The second-order valence-corrected chi connectivity index (χ2v) is 9.23. The van der Waals surface area contributed by atoms with Crippen LogP contribution in [0, 0.1) is 0 Å². The quantitative estimate of drug-likeness (QED) is 0.624. The summed E-state index contributed by atoms with van der Waals surface area (Å²) < 4.78 is 53.4. The van der Waals surface area contributed by atoms with E-state index in [9.17, 15) is 22.0 Å². The molecule has 0 radical (unpaired) electrons. The number of alkyl halides is 2. The van der Waals surface area contributed by atoms with Crippen LogP contribution in [0.25, 0.3) is 6.08 Å². The predicted molar refractivity (Wildman–Crippen MR) is 113 cm³/mol. The Morgan fingerprint density at radius 3 is 2.45 bits per heavy atom. The standard InChI is InChI=1S/C21H26F2N4O3S/c22-21(23)27-16-13-24-19(27)11-12-25-20(28)10-7-17-5-8-18(9-6-17)31(29,30)26-14-3-1-2-4-15-26/h5-10,13,16,21H,1-4,11-12,14-15H2,(H,25,28)/b10-7+. The van der Waals surface area contributed by atoms with Crippen molar-refractivity contribution in [3.05, 3.63) is 54.1 Å². The van der Waals surface area contributed by atoms with Gasteiger partial charge in [0.15, 0.2) is 0 Å². The number of aromatic nitrogens is 2. The van der Waals surface area contributed by atoms with E-state index in [2.05, 4.69) is 10.3 Å². The number of sulfonamides is 1. The van der Waals surface area contributed by atoms with Gasteiger partial charge in [-0.3, -0.25) is 9.36 Å². The molecule has 2 aromatic rings. The van der Waals surface area contributed by atoms with E-state index < -0.39 is 16.6 Å². The van der Waals surface area contributed by atoms with E-state index in [1.165, 1.54) is 22.8 Å². The van der Waals surface area contributed by atoms with Gasteiger partial charge in [-0.15, -0.1) is 0 Å². The first-order valence-electron chi connectivity index (χ1n) is 10.2. The number of amides is 1. The number of carbonyl (C=O) groups is 1. The summed E-state index contributed by atoms with van der Waals surface area (Å²) in [4.78, 5) is 16.1. The summed E-state index contributed by atoms with van der Waals surface area (Å²) in [7, 11) is -3.51. The molecule has 1 aromatic carbocycles. The van der Waals surface area contributed by atoms with Crippen LogP contribution in [-0.2, 0) is 21.2 Å². The first-order chi connectivity index (χ1) is 14.9. The van der Waals surface area contributed by atoms with Crippen molar-refractivity contribution in [3.63, 3.8) is 0 Å². The van der Waals surface area contributed by atoms with Gasteiger partial charge in [0.1, 0.15) is 5.82 Å². The van der Waals surface area contributed by atoms with Crippen molar-refractivity contribution in [2.75, 3.05) is 19.6 Å². The molecule has 3 rings (SSSR count). The SMILES string of the molecule is O=C(/C=C/c1ccc(S(=O)(=O)N2CCCCCC2)cc1)NCCc1nccn1C(F)F. The number of rotatable bonds is 8. The molecule has 0 spiro atoms. The Hall–Kier alpha value is -2.59. The zero-order valence-corrected chi connectivity index (χ0v) is 17.9. The van der Waals surface area contributed by atoms with Crippen molar-refractivity contribution in [3.8, 4) is 0 Å². The summed E-state index contributed by atoms with van der Waals surface area (Å²) in [5.41, 5.74) is 0.679. The molecule has 1 aliphatic heterocycles. The fourth-order valence-electron chi connectivity index (χ4n) is 3.43. The molecular weight excluding hydrogens is 426 g/mol. The molecule has 1 fully saturated rings. The fraction of sp³-hybridized carbons (Fsp3) is 0.429. The molecule has 1 aliphatic rings. The molecule has 2 heterocycles. The average Bonchev–Trinajstić information content (AvgIpc) is 3.04. The average molecular weight is 453 g/mol. The van der Waals surface area contributed by atoms with Gasteiger partial charge in [0.25, 0.3) is 0 Å². The minimum absolute atomic E-state index is 0.167. The number of hydrogen-bond donors (Lipinski definition) is 1. The Kier molecular flexibility index (Phi) is 7.91. The zero-order valence-electron chi connectivity index (χ0n) is 17.1. The lowest BCUT2D eigenvalue weighted by Crippen LogP contribution is -2.31. The van der Waals surface area contributed by atoms with Gasteiger partial charge in [-0.2, -0.15) is 13.1 Å². The van der Waals surface area contributed by atoms with Crippen LogP contribution in [0.15, 0.2) is 47.6 Å². The lowest BCUT2D eigenvalue weighted by Gasteiger charge is -2.19. The Balaban J connectivity index is 1.52. The lowest BCUT2D eigenvalue weighted by molar-refractivity contribution is -0.116. The first kappa shape index (κ1) is 23.1. The maximum Gasteiger partial charge on any atom is 0.319 e. The highest BCUT2D eigenvalue weighted by molar-refractivity contribution is 7.89. The Bertz CT molecular complexity index is 996. The lowest BCUT2D eigenvalue weighted by atomic mass is 10.2. The van der Waals surface area contributed by atoms with Gasteiger partial charge in [0.05, 0.1) is 4.90 Å². The molecule has 7 nitrogen and oxygen atoms in total. The van der Waals surface area contributed by atoms with Crippen LogP contribution in [0.1, 0.15) is 43.6 Å². The van der Waals surface area contributed by atoms with Crippen molar-refractivity contribution in [1.82, 2.24) is 19.2 Å². The van der Waals surface area contributed by atoms with E-state index in [0.717, 1.165) is 30.3 Å². The van der Waals surface area contributed by atoms with Crippen LogP contribution in [0.2, 0.25) is 0 Å². The van der Waals surface area contributed by atoms with Gasteiger partial charge in [-0.25, -0.2) is 13.4 Å². The highest BCUT2D eigenvalue weighted by Gasteiger charge is 2.24. The van der Waals surface area contributed by atoms with Gasteiger partial charge in [0, 0.05) is 44.5 Å². The van der Waals surface area contributed by atoms with Gasteiger partial charge < -0.3 is 5.32 Å². The molecular formula is C21H26F2N4O3S. The fourth-order valence-corrected chi connectivity index (χ4v) is 4.94. The van der Waals surface area contributed by atoms with Crippen molar-refractivity contribution in [2.45, 2.75) is 43.5 Å². The zero-order chi connectivity index (χ0) is 22.3. The maximum absolute atomic E-state index is 12.8. The molecule has 0 saturated carbocycles.